The third-order valence-electron chi connectivity index (χ3n) is 2.51. The Hall–Kier alpha value is -1.61. The molecule has 0 aliphatic heterocycles. The zero-order chi connectivity index (χ0) is 12.3. The van der Waals surface area contributed by atoms with Crippen LogP contribution in [0.3, 0.4) is 0 Å². The van der Waals surface area contributed by atoms with Gasteiger partial charge >= 0.3 is 0 Å². The van der Waals surface area contributed by atoms with Crippen molar-refractivity contribution in [3.8, 4) is 11.5 Å². The highest BCUT2D eigenvalue weighted by Gasteiger charge is 2.02. The Kier molecular flexibility index (Phi) is 3.59. The molecule has 2 aromatic carbocycles. The van der Waals surface area contributed by atoms with Crippen molar-refractivity contribution in [2.45, 2.75) is 23.1 Å². The molecule has 0 aliphatic carbocycles. The van der Waals surface area contributed by atoms with E-state index in [0.717, 1.165) is 16.2 Å². The molecule has 2 rings (SSSR count). The fourth-order valence-electron chi connectivity index (χ4n) is 1.50. The van der Waals surface area contributed by atoms with Crippen molar-refractivity contribution in [1.29, 1.82) is 0 Å². The summed E-state index contributed by atoms with van der Waals surface area (Å²) in [6.07, 6.45) is 1.03. The Bertz CT molecular complexity index is 506. The third-order valence-corrected chi connectivity index (χ3v) is 3.51. The van der Waals surface area contributed by atoms with Crippen LogP contribution in [0.15, 0.2) is 52.3 Å². The van der Waals surface area contributed by atoms with Crippen molar-refractivity contribution < 1.29 is 10.2 Å². The molecule has 0 fully saturated rings. The molecule has 0 aromatic heterocycles. The zero-order valence-corrected chi connectivity index (χ0v) is 10.4. The number of aryl methyl sites for hydroxylation is 1. The number of rotatable bonds is 3. The second kappa shape index (κ2) is 5.15. The second-order valence-corrected chi connectivity index (χ2v) is 4.90. The van der Waals surface area contributed by atoms with Crippen molar-refractivity contribution in [3.05, 3.63) is 48.0 Å². The molecular weight excluding hydrogens is 232 g/mol. The maximum atomic E-state index is 9.40. The summed E-state index contributed by atoms with van der Waals surface area (Å²) in [5.74, 6) is -0.171. The summed E-state index contributed by atoms with van der Waals surface area (Å²) in [6.45, 7) is 2.13. The zero-order valence-electron chi connectivity index (χ0n) is 9.55. The number of benzene rings is 2. The predicted molar refractivity (Wildman–Crippen MR) is 69.7 cm³/mol. The minimum absolute atomic E-state index is 0.0832. The normalized spacial score (nSPS) is 10.4. The van der Waals surface area contributed by atoms with E-state index in [9.17, 15) is 10.2 Å². The second-order valence-electron chi connectivity index (χ2n) is 3.75. The van der Waals surface area contributed by atoms with Crippen molar-refractivity contribution in [2.24, 2.45) is 0 Å². The molecule has 0 heterocycles. The molecule has 0 radical (unpaired) electrons. The van der Waals surface area contributed by atoms with Gasteiger partial charge in [-0.3, -0.25) is 0 Å². The molecule has 88 valence electrons. The van der Waals surface area contributed by atoms with Crippen molar-refractivity contribution in [1.82, 2.24) is 0 Å². The van der Waals surface area contributed by atoms with Crippen LogP contribution in [-0.4, -0.2) is 10.2 Å². The molecular formula is C14H14O2S. The summed E-state index contributed by atoms with van der Waals surface area (Å²) < 4.78 is 0. The SMILES string of the molecule is CCc1ccc(Sc2ccc(O)c(O)c2)cc1. The molecule has 2 N–H and O–H groups in total. The first-order valence-corrected chi connectivity index (χ1v) is 6.29. The number of phenolic OH excluding ortho intramolecular Hbond substituents is 2. The van der Waals surface area contributed by atoms with E-state index in [1.54, 1.807) is 23.9 Å². The highest BCUT2D eigenvalue weighted by molar-refractivity contribution is 7.99. The molecule has 0 bridgehead atoms. The number of aromatic hydroxyl groups is 2. The van der Waals surface area contributed by atoms with Gasteiger partial charge in [0.15, 0.2) is 11.5 Å². The van der Waals surface area contributed by atoms with Crippen LogP contribution in [0.5, 0.6) is 11.5 Å². The summed E-state index contributed by atoms with van der Waals surface area (Å²) in [5, 5.41) is 18.6. The van der Waals surface area contributed by atoms with E-state index < -0.39 is 0 Å². The minimum Gasteiger partial charge on any atom is -0.504 e. The first-order chi connectivity index (χ1) is 8.19. The van der Waals surface area contributed by atoms with E-state index in [-0.39, 0.29) is 11.5 Å². The predicted octanol–water partition coefficient (Wildman–Crippen LogP) is 3.81. The molecule has 0 spiro atoms. The van der Waals surface area contributed by atoms with Gasteiger partial charge in [0.2, 0.25) is 0 Å². The Morgan fingerprint density at radius 2 is 1.53 bits per heavy atom. The number of phenols is 2. The van der Waals surface area contributed by atoms with Gasteiger partial charge in [-0.1, -0.05) is 30.8 Å². The Morgan fingerprint density at radius 3 is 2.12 bits per heavy atom. The van der Waals surface area contributed by atoms with Crippen molar-refractivity contribution >= 4 is 11.8 Å². The Labute approximate surface area is 105 Å². The highest BCUT2D eigenvalue weighted by atomic mass is 32.2. The fourth-order valence-corrected chi connectivity index (χ4v) is 2.35. The monoisotopic (exact) mass is 246 g/mol. The lowest BCUT2D eigenvalue weighted by atomic mass is 10.2. The van der Waals surface area contributed by atoms with Gasteiger partial charge in [-0.15, -0.1) is 0 Å². The molecule has 2 nitrogen and oxygen atoms in total. The molecule has 0 unspecified atom stereocenters. The smallest absolute Gasteiger partial charge is 0.158 e. The maximum absolute atomic E-state index is 9.40. The summed E-state index contributed by atoms with van der Waals surface area (Å²) in [4.78, 5) is 2.02. The van der Waals surface area contributed by atoms with Crippen molar-refractivity contribution in [2.75, 3.05) is 0 Å². The third kappa shape index (κ3) is 2.94. The summed E-state index contributed by atoms with van der Waals surface area (Å²) in [7, 11) is 0. The van der Waals surface area contributed by atoms with Crippen LogP contribution in [0.4, 0.5) is 0 Å². The minimum atomic E-state index is -0.0873. The lowest BCUT2D eigenvalue weighted by Gasteiger charge is -2.04. The molecule has 2 aromatic rings. The fraction of sp³-hybridized carbons (Fsp3) is 0.143. The first kappa shape index (κ1) is 11.9. The number of hydrogen-bond donors (Lipinski definition) is 2. The van der Waals surface area contributed by atoms with E-state index in [1.807, 2.05) is 0 Å². The van der Waals surface area contributed by atoms with Gasteiger partial charge in [0.05, 0.1) is 0 Å². The highest BCUT2D eigenvalue weighted by Crippen LogP contribution is 2.33. The molecule has 0 atom stereocenters. The Balaban J connectivity index is 2.16. The average molecular weight is 246 g/mol. The van der Waals surface area contributed by atoms with E-state index >= 15 is 0 Å². The van der Waals surface area contributed by atoms with E-state index in [4.69, 9.17) is 0 Å². The van der Waals surface area contributed by atoms with E-state index in [1.165, 1.54) is 11.6 Å². The largest absolute Gasteiger partial charge is 0.504 e. The van der Waals surface area contributed by atoms with Crippen LogP contribution in [0.1, 0.15) is 12.5 Å². The first-order valence-electron chi connectivity index (χ1n) is 5.48. The van der Waals surface area contributed by atoms with Crippen LogP contribution in [0.25, 0.3) is 0 Å². The molecule has 0 saturated heterocycles. The van der Waals surface area contributed by atoms with Gasteiger partial charge in [-0.25, -0.2) is 0 Å². The van der Waals surface area contributed by atoms with Crippen LogP contribution in [0, 0.1) is 0 Å². The van der Waals surface area contributed by atoms with E-state index in [0.29, 0.717) is 0 Å². The maximum Gasteiger partial charge on any atom is 0.158 e. The summed E-state index contributed by atoms with van der Waals surface area (Å²) in [6, 6.07) is 13.2. The topological polar surface area (TPSA) is 40.5 Å². The van der Waals surface area contributed by atoms with Gasteiger partial charge in [0, 0.05) is 9.79 Å². The van der Waals surface area contributed by atoms with Crippen LogP contribution < -0.4 is 0 Å². The van der Waals surface area contributed by atoms with E-state index in [2.05, 4.69) is 31.2 Å². The average Bonchev–Trinajstić information content (AvgIpc) is 2.35. The Morgan fingerprint density at radius 1 is 0.882 bits per heavy atom. The molecule has 3 heteroatoms. The van der Waals surface area contributed by atoms with Gasteiger partial charge in [-0.2, -0.15) is 0 Å². The quantitative estimate of drug-likeness (QED) is 0.809. The molecule has 0 amide bonds. The summed E-state index contributed by atoms with van der Waals surface area (Å²) in [5.41, 5.74) is 1.31. The van der Waals surface area contributed by atoms with Gasteiger partial charge in [0.1, 0.15) is 0 Å². The van der Waals surface area contributed by atoms with Crippen LogP contribution in [-0.2, 0) is 6.42 Å². The van der Waals surface area contributed by atoms with Crippen LogP contribution in [0.2, 0.25) is 0 Å². The summed E-state index contributed by atoms with van der Waals surface area (Å²) >= 11 is 1.56. The standard InChI is InChI=1S/C14H14O2S/c1-2-10-3-5-11(6-4-10)17-12-7-8-13(15)14(16)9-12/h3-9,15-16H,2H2,1H3. The number of hydrogen-bond acceptors (Lipinski definition) is 3. The van der Waals surface area contributed by atoms with Gasteiger partial charge < -0.3 is 10.2 Å². The lowest BCUT2D eigenvalue weighted by molar-refractivity contribution is 0.402. The molecule has 0 saturated carbocycles. The van der Waals surface area contributed by atoms with Crippen molar-refractivity contribution in [3.63, 3.8) is 0 Å². The lowest BCUT2D eigenvalue weighted by Crippen LogP contribution is -1.79. The molecule has 0 aliphatic rings. The van der Waals surface area contributed by atoms with Gasteiger partial charge in [0.25, 0.3) is 0 Å². The van der Waals surface area contributed by atoms with Crippen LogP contribution >= 0.6 is 11.8 Å². The van der Waals surface area contributed by atoms with Gasteiger partial charge in [-0.05, 0) is 42.3 Å². The molecule has 17 heavy (non-hydrogen) atoms.